The summed E-state index contributed by atoms with van der Waals surface area (Å²) in [6.07, 6.45) is 0.931. The summed E-state index contributed by atoms with van der Waals surface area (Å²) in [5.41, 5.74) is 1.67. The van der Waals surface area contributed by atoms with Gasteiger partial charge in [-0.05, 0) is 18.6 Å². The molecule has 0 saturated heterocycles. The average molecular weight is 248 g/mol. The molecule has 0 bridgehead atoms. The first-order valence-electron chi connectivity index (χ1n) is 6.05. The predicted molar refractivity (Wildman–Crippen MR) is 71.7 cm³/mol. The fourth-order valence-corrected chi connectivity index (χ4v) is 1.80. The molecule has 0 spiro atoms. The lowest BCUT2D eigenvalue weighted by molar-refractivity contribution is 0.191. The third-order valence-corrected chi connectivity index (χ3v) is 2.71. The van der Waals surface area contributed by atoms with Gasteiger partial charge in [0.1, 0.15) is 6.07 Å². The van der Waals surface area contributed by atoms with Crippen LogP contribution < -0.4 is 4.90 Å². The molecule has 0 radical (unpaired) electrons. The van der Waals surface area contributed by atoms with Gasteiger partial charge < -0.3 is 14.4 Å². The number of nitrogens with zero attached hydrogens (tertiary/aromatic N) is 2. The summed E-state index contributed by atoms with van der Waals surface area (Å²) in [5.74, 6) is 0. The summed E-state index contributed by atoms with van der Waals surface area (Å²) in [7, 11) is 3.38. The zero-order valence-corrected chi connectivity index (χ0v) is 11.1. The van der Waals surface area contributed by atoms with Gasteiger partial charge in [-0.25, -0.2) is 0 Å². The molecule has 0 saturated carbocycles. The van der Waals surface area contributed by atoms with E-state index in [4.69, 9.17) is 14.7 Å². The van der Waals surface area contributed by atoms with Gasteiger partial charge in [0.2, 0.25) is 0 Å². The summed E-state index contributed by atoms with van der Waals surface area (Å²) >= 11 is 0. The Morgan fingerprint density at radius 1 is 1.11 bits per heavy atom. The molecule has 1 aromatic rings. The maximum atomic E-state index is 9.13. The molecular formula is C14H20N2O2. The van der Waals surface area contributed by atoms with Gasteiger partial charge in [0.25, 0.3) is 0 Å². The van der Waals surface area contributed by atoms with Crippen molar-refractivity contribution in [3.63, 3.8) is 0 Å². The highest BCUT2D eigenvalue weighted by atomic mass is 16.5. The molecule has 0 aromatic heterocycles. The van der Waals surface area contributed by atoms with E-state index in [1.807, 2.05) is 24.3 Å². The number of rotatable bonds is 8. The van der Waals surface area contributed by atoms with Crippen LogP contribution in [-0.4, -0.2) is 40.5 Å². The molecule has 0 N–H and O–H groups in total. The van der Waals surface area contributed by atoms with Crippen LogP contribution in [0.5, 0.6) is 0 Å². The molecule has 18 heavy (non-hydrogen) atoms. The first-order valence-corrected chi connectivity index (χ1v) is 6.05. The molecule has 0 amide bonds. The van der Waals surface area contributed by atoms with Crippen LogP contribution >= 0.6 is 0 Å². The van der Waals surface area contributed by atoms with Crippen LogP contribution in [0.1, 0.15) is 12.0 Å². The monoisotopic (exact) mass is 248 g/mol. The maximum absolute atomic E-state index is 9.13. The normalized spacial score (nSPS) is 10.1. The van der Waals surface area contributed by atoms with Gasteiger partial charge in [-0.1, -0.05) is 12.1 Å². The largest absolute Gasteiger partial charge is 0.385 e. The zero-order valence-electron chi connectivity index (χ0n) is 11.1. The van der Waals surface area contributed by atoms with E-state index in [9.17, 15) is 0 Å². The molecule has 4 nitrogen and oxygen atoms in total. The third kappa shape index (κ3) is 4.36. The van der Waals surface area contributed by atoms with Crippen LogP contribution in [0.15, 0.2) is 24.3 Å². The van der Waals surface area contributed by atoms with Crippen molar-refractivity contribution in [3.05, 3.63) is 29.8 Å². The number of methoxy groups -OCH3 is 2. The van der Waals surface area contributed by atoms with Gasteiger partial charge in [0.05, 0.1) is 17.9 Å². The Kier molecular flexibility index (Phi) is 6.85. The molecule has 0 aliphatic heterocycles. The maximum Gasteiger partial charge on any atom is 0.101 e. The summed E-state index contributed by atoms with van der Waals surface area (Å²) < 4.78 is 10.2. The minimum atomic E-state index is 0.646. The molecule has 98 valence electrons. The summed E-state index contributed by atoms with van der Waals surface area (Å²) in [5, 5.41) is 9.13. The van der Waals surface area contributed by atoms with Gasteiger partial charge in [-0.3, -0.25) is 0 Å². The summed E-state index contributed by atoms with van der Waals surface area (Å²) in [6.45, 7) is 3.00. The van der Waals surface area contributed by atoms with Crippen molar-refractivity contribution in [2.45, 2.75) is 6.42 Å². The van der Waals surface area contributed by atoms with Crippen molar-refractivity contribution in [1.29, 1.82) is 5.26 Å². The highest BCUT2D eigenvalue weighted by Crippen LogP contribution is 2.19. The molecule has 0 fully saturated rings. The Balaban J connectivity index is 2.77. The quantitative estimate of drug-likeness (QED) is 0.660. The Morgan fingerprint density at radius 3 is 2.50 bits per heavy atom. The van der Waals surface area contributed by atoms with Crippen molar-refractivity contribution in [2.24, 2.45) is 0 Å². The molecule has 0 atom stereocenters. The Morgan fingerprint density at radius 2 is 1.83 bits per heavy atom. The lowest BCUT2D eigenvalue weighted by Crippen LogP contribution is -2.29. The molecule has 0 unspecified atom stereocenters. The van der Waals surface area contributed by atoms with Crippen molar-refractivity contribution in [2.75, 3.05) is 45.4 Å². The van der Waals surface area contributed by atoms with Crippen molar-refractivity contribution < 1.29 is 9.47 Å². The van der Waals surface area contributed by atoms with Gasteiger partial charge in [0.15, 0.2) is 0 Å². The van der Waals surface area contributed by atoms with Crippen LogP contribution in [-0.2, 0) is 9.47 Å². The van der Waals surface area contributed by atoms with Gasteiger partial charge >= 0.3 is 0 Å². The second kappa shape index (κ2) is 8.51. The minimum Gasteiger partial charge on any atom is -0.385 e. The van der Waals surface area contributed by atoms with Crippen LogP contribution in [0.3, 0.4) is 0 Å². The summed E-state index contributed by atoms with van der Waals surface area (Å²) in [6, 6.07) is 9.87. The number of anilines is 1. The minimum absolute atomic E-state index is 0.646. The third-order valence-electron chi connectivity index (χ3n) is 2.71. The first kappa shape index (κ1) is 14.5. The molecule has 0 aliphatic carbocycles. The highest BCUT2D eigenvalue weighted by molar-refractivity contribution is 5.59. The number of ether oxygens (including phenoxy) is 2. The SMILES string of the molecule is COCCCN(CCOC)c1ccccc1C#N. The van der Waals surface area contributed by atoms with E-state index in [1.54, 1.807) is 14.2 Å². The Labute approximate surface area is 109 Å². The molecular weight excluding hydrogens is 228 g/mol. The number of hydrogen-bond donors (Lipinski definition) is 0. The molecule has 0 aliphatic rings. The van der Waals surface area contributed by atoms with Crippen LogP contribution in [0, 0.1) is 11.3 Å². The van der Waals surface area contributed by atoms with Gasteiger partial charge in [-0.15, -0.1) is 0 Å². The first-order chi connectivity index (χ1) is 8.83. The second-order valence-corrected chi connectivity index (χ2v) is 3.96. The average Bonchev–Trinajstić information content (AvgIpc) is 2.42. The number of hydrogen-bond acceptors (Lipinski definition) is 4. The van der Waals surface area contributed by atoms with E-state index >= 15 is 0 Å². The smallest absolute Gasteiger partial charge is 0.101 e. The number of benzene rings is 1. The van der Waals surface area contributed by atoms with E-state index in [0.29, 0.717) is 12.2 Å². The molecule has 1 rings (SSSR count). The molecule has 1 aromatic carbocycles. The second-order valence-electron chi connectivity index (χ2n) is 3.96. The van der Waals surface area contributed by atoms with E-state index < -0.39 is 0 Å². The van der Waals surface area contributed by atoms with Gasteiger partial charge in [0, 0.05) is 33.9 Å². The van der Waals surface area contributed by atoms with E-state index in [0.717, 1.165) is 31.8 Å². The van der Waals surface area contributed by atoms with Crippen LogP contribution in [0.2, 0.25) is 0 Å². The topological polar surface area (TPSA) is 45.5 Å². The Hall–Kier alpha value is -1.57. The van der Waals surface area contributed by atoms with Crippen molar-refractivity contribution in [1.82, 2.24) is 0 Å². The van der Waals surface area contributed by atoms with Crippen LogP contribution in [0.25, 0.3) is 0 Å². The fourth-order valence-electron chi connectivity index (χ4n) is 1.80. The lowest BCUT2D eigenvalue weighted by Gasteiger charge is -2.25. The number of para-hydroxylation sites is 1. The van der Waals surface area contributed by atoms with E-state index in [-0.39, 0.29) is 0 Å². The van der Waals surface area contributed by atoms with Crippen molar-refractivity contribution >= 4 is 5.69 Å². The lowest BCUT2D eigenvalue weighted by atomic mass is 10.1. The molecule has 0 heterocycles. The highest BCUT2D eigenvalue weighted by Gasteiger charge is 2.10. The Bertz CT molecular complexity index is 388. The van der Waals surface area contributed by atoms with E-state index in [1.165, 1.54) is 0 Å². The fraction of sp³-hybridized carbons (Fsp3) is 0.500. The zero-order chi connectivity index (χ0) is 13.2. The van der Waals surface area contributed by atoms with E-state index in [2.05, 4.69) is 11.0 Å². The van der Waals surface area contributed by atoms with Gasteiger partial charge in [-0.2, -0.15) is 5.26 Å². The summed E-state index contributed by atoms with van der Waals surface area (Å²) in [4.78, 5) is 2.17. The standard InChI is InChI=1S/C14H20N2O2/c1-17-10-5-8-16(9-11-18-2)14-7-4-3-6-13(14)12-15/h3-4,6-7H,5,8-11H2,1-2H3. The number of nitriles is 1. The molecule has 4 heteroatoms. The van der Waals surface area contributed by atoms with Crippen molar-refractivity contribution in [3.8, 4) is 6.07 Å². The van der Waals surface area contributed by atoms with Crippen LogP contribution in [0.4, 0.5) is 5.69 Å². The predicted octanol–water partition coefficient (Wildman–Crippen LogP) is 2.05.